The van der Waals surface area contributed by atoms with E-state index in [2.05, 4.69) is 35.5 Å². The number of rotatable bonds is 5. The molecule has 1 aromatic carbocycles. The van der Waals surface area contributed by atoms with Crippen LogP contribution in [0.5, 0.6) is 0 Å². The van der Waals surface area contributed by atoms with Gasteiger partial charge in [-0.2, -0.15) is 5.10 Å². The third-order valence-corrected chi connectivity index (χ3v) is 5.89. The topological polar surface area (TPSA) is 125 Å². The van der Waals surface area contributed by atoms with E-state index in [1.165, 1.54) is 12.3 Å². The molecule has 0 unspecified atom stereocenters. The molecular formula is C26H19FN8O. The summed E-state index contributed by atoms with van der Waals surface area (Å²) >= 11 is 0. The maximum atomic E-state index is 15.1. The Bertz CT molecular complexity index is 1740. The van der Waals surface area contributed by atoms with E-state index in [0.29, 0.717) is 56.8 Å². The van der Waals surface area contributed by atoms with Crippen molar-refractivity contribution in [3.05, 3.63) is 73.2 Å². The number of nitrogens with one attached hydrogen (secondary N) is 3. The minimum absolute atomic E-state index is 0.147. The minimum Gasteiger partial charge on any atom is -0.325 e. The molecule has 0 atom stereocenters. The molecule has 0 aliphatic carbocycles. The van der Waals surface area contributed by atoms with E-state index in [4.69, 9.17) is 4.98 Å². The quantitative estimate of drug-likeness (QED) is 0.316. The van der Waals surface area contributed by atoms with Gasteiger partial charge in [0.1, 0.15) is 17.0 Å². The van der Waals surface area contributed by atoms with Gasteiger partial charge in [0.15, 0.2) is 11.5 Å². The van der Waals surface area contributed by atoms with E-state index in [1.54, 1.807) is 43.8 Å². The van der Waals surface area contributed by atoms with Gasteiger partial charge in [-0.05, 0) is 24.3 Å². The molecule has 0 aliphatic rings. The number of halogens is 1. The van der Waals surface area contributed by atoms with Crippen LogP contribution in [-0.2, 0) is 4.79 Å². The monoisotopic (exact) mass is 478 g/mol. The van der Waals surface area contributed by atoms with Crippen LogP contribution < -0.4 is 5.32 Å². The number of pyridine rings is 3. The number of anilines is 1. The van der Waals surface area contributed by atoms with Crippen molar-refractivity contribution in [1.82, 2.24) is 35.1 Å². The smallest absolute Gasteiger partial charge is 0.224 e. The number of fused-ring (bicyclic) bond motifs is 2. The van der Waals surface area contributed by atoms with Gasteiger partial charge >= 0.3 is 0 Å². The van der Waals surface area contributed by atoms with Gasteiger partial charge < -0.3 is 10.3 Å². The molecule has 6 aromatic rings. The zero-order valence-electron chi connectivity index (χ0n) is 19.1. The Kier molecular flexibility index (Phi) is 5.18. The summed E-state index contributed by atoms with van der Waals surface area (Å²) in [6.07, 6.45) is 8.60. The van der Waals surface area contributed by atoms with Gasteiger partial charge in [0.2, 0.25) is 5.91 Å². The lowest BCUT2D eigenvalue weighted by Crippen LogP contribution is -2.09. The number of imidazole rings is 1. The molecule has 9 nitrogen and oxygen atoms in total. The molecule has 5 aromatic heterocycles. The lowest BCUT2D eigenvalue weighted by molar-refractivity contribution is -0.115. The van der Waals surface area contributed by atoms with E-state index in [1.807, 2.05) is 18.2 Å². The van der Waals surface area contributed by atoms with E-state index in [0.717, 1.165) is 11.1 Å². The second-order valence-electron chi connectivity index (χ2n) is 8.20. The highest BCUT2D eigenvalue weighted by Gasteiger charge is 2.18. The molecule has 3 N–H and O–H groups in total. The van der Waals surface area contributed by atoms with Gasteiger partial charge in [0.05, 0.1) is 17.4 Å². The number of benzene rings is 1. The second-order valence-corrected chi connectivity index (χ2v) is 8.20. The lowest BCUT2D eigenvalue weighted by Gasteiger charge is -2.08. The van der Waals surface area contributed by atoms with Crippen LogP contribution in [0.15, 0.2) is 67.4 Å². The maximum absolute atomic E-state index is 15.1. The molecule has 0 fully saturated rings. The zero-order chi connectivity index (χ0) is 24.6. The Labute approximate surface area is 203 Å². The molecule has 0 saturated carbocycles. The van der Waals surface area contributed by atoms with Gasteiger partial charge in [0.25, 0.3) is 0 Å². The first-order valence-electron chi connectivity index (χ1n) is 11.3. The maximum Gasteiger partial charge on any atom is 0.224 e. The molecule has 0 saturated heterocycles. The second kappa shape index (κ2) is 8.66. The molecule has 0 aliphatic heterocycles. The number of hydrogen-bond donors (Lipinski definition) is 3. The number of hydrogen-bond acceptors (Lipinski definition) is 6. The fourth-order valence-corrected chi connectivity index (χ4v) is 4.12. The van der Waals surface area contributed by atoms with Crippen LogP contribution in [0.25, 0.3) is 55.8 Å². The van der Waals surface area contributed by atoms with Crippen molar-refractivity contribution in [3.8, 4) is 33.8 Å². The highest BCUT2D eigenvalue weighted by molar-refractivity contribution is 5.98. The zero-order valence-corrected chi connectivity index (χ0v) is 19.1. The number of aromatic amines is 2. The van der Waals surface area contributed by atoms with Crippen molar-refractivity contribution in [2.24, 2.45) is 0 Å². The minimum atomic E-state index is -0.441. The highest BCUT2D eigenvalue weighted by Crippen LogP contribution is 2.34. The molecule has 6 rings (SSSR count). The molecule has 10 heteroatoms. The summed E-state index contributed by atoms with van der Waals surface area (Å²) in [5.74, 6) is -0.0884. The van der Waals surface area contributed by atoms with Gasteiger partial charge in [-0.1, -0.05) is 13.0 Å². The normalized spacial score (nSPS) is 11.3. The fourth-order valence-electron chi connectivity index (χ4n) is 4.12. The van der Waals surface area contributed by atoms with Crippen LogP contribution in [0.3, 0.4) is 0 Å². The van der Waals surface area contributed by atoms with Crippen LogP contribution in [0.1, 0.15) is 13.3 Å². The van der Waals surface area contributed by atoms with Crippen LogP contribution >= 0.6 is 0 Å². The molecule has 1 amide bonds. The van der Waals surface area contributed by atoms with Gasteiger partial charge in [0, 0.05) is 64.9 Å². The van der Waals surface area contributed by atoms with Crippen LogP contribution in [0.2, 0.25) is 0 Å². The Morgan fingerprint density at radius 3 is 2.75 bits per heavy atom. The van der Waals surface area contributed by atoms with Crippen LogP contribution in [-0.4, -0.2) is 41.0 Å². The summed E-state index contributed by atoms with van der Waals surface area (Å²) < 4.78 is 15.1. The largest absolute Gasteiger partial charge is 0.325 e. The standard InChI is InChI=1S/C26H19FN8O/c1-2-22(36)31-16-8-15(12-29-13-16)18-9-19-21(10-20(18)27)34-35-24(19)26-32-23-17(5-7-30-25(23)33-26)14-4-3-6-28-11-14/h3-13H,2H2,1H3,(H,31,36)(H,34,35)(H,30,32,33). The Morgan fingerprint density at radius 2 is 1.92 bits per heavy atom. The summed E-state index contributed by atoms with van der Waals surface area (Å²) in [5, 5.41) is 10.7. The number of nitrogens with zero attached hydrogens (tertiary/aromatic N) is 5. The summed E-state index contributed by atoms with van der Waals surface area (Å²) in [5.41, 5.74) is 5.51. The third-order valence-electron chi connectivity index (χ3n) is 5.89. The number of amides is 1. The SMILES string of the molecule is CCC(=O)Nc1cncc(-c2cc3c(-c4nc5c(-c6cccnc6)ccnc5[nH]4)n[nH]c3cc2F)c1. The van der Waals surface area contributed by atoms with Crippen molar-refractivity contribution in [1.29, 1.82) is 0 Å². The molecule has 36 heavy (non-hydrogen) atoms. The molecule has 5 heterocycles. The predicted octanol–water partition coefficient (Wildman–Crippen LogP) is 5.11. The summed E-state index contributed by atoms with van der Waals surface area (Å²) in [4.78, 5) is 32.6. The lowest BCUT2D eigenvalue weighted by atomic mass is 10.0. The van der Waals surface area contributed by atoms with Gasteiger partial charge in [-0.15, -0.1) is 0 Å². The first-order valence-corrected chi connectivity index (χ1v) is 11.3. The molecule has 0 spiro atoms. The van der Waals surface area contributed by atoms with E-state index < -0.39 is 5.82 Å². The van der Waals surface area contributed by atoms with Gasteiger partial charge in [-0.25, -0.2) is 14.4 Å². The molecule has 0 radical (unpaired) electrons. The Hall–Kier alpha value is -4.99. The fraction of sp³-hybridized carbons (Fsp3) is 0.0769. The van der Waals surface area contributed by atoms with Crippen molar-refractivity contribution in [2.45, 2.75) is 13.3 Å². The Morgan fingerprint density at radius 1 is 1.03 bits per heavy atom. The number of H-pyrrole nitrogens is 2. The predicted molar refractivity (Wildman–Crippen MR) is 134 cm³/mol. The van der Waals surface area contributed by atoms with Gasteiger partial charge in [-0.3, -0.25) is 19.9 Å². The van der Waals surface area contributed by atoms with Crippen LogP contribution in [0.4, 0.5) is 10.1 Å². The van der Waals surface area contributed by atoms with E-state index in [-0.39, 0.29) is 5.91 Å². The van der Waals surface area contributed by atoms with Crippen LogP contribution in [0, 0.1) is 5.82 Å². The van der Waals surface area contributed by atoms with Crippen molar-refractivity contribution in [3.63, 3.8) is 0 Å². The third kappa shape index (κ3) is 3.74. The van der Waals surface area contributed by atoms with Crippen molar-refractivity contribution < 1.29 is 9.18 Å². The summed E-state index contributed by atoms with van der Waals surface area (Å²) in [7, 11) is 0. The first kappa shape index (κ1) is 21.5. The molecule has 0 bridgehead atoms. The van der Waals surface area contributed by atoms with E-state index >= 15 is 4.39 Å². The number of carbonyl (C=O) groups excluding carboxylic acids is 1. The van der Waals surface area contributed by atoms with E-state index in [9.17, 15) is 4.79 Å². The average Bonchev–Trinajstić information content (AvgIpc) is 3.52. The Balaban J connectivity index is 1.46. The molecular weight excluding hydrogens is 459 g/mol. The van der Waals surface area contributed by atoms with Crippen molar-refractivity contribution in [2.75, 3.05) is 5.32 Å². The van der Waals surface area contributed by atoms with Crippen molar-refractivity contribution >= 4 is 33.7 Å². The molecule has 176 valence electrons. The first-order chi connectivity index (χ1) is 17.6. The highest BCUT2D eigenvalue weighted by atomic mass is 19.1. The summed E-state index contributed by atoms with van der Waals surface area (Å²) in [6.45, 7) is 1.76. The average molecular weight is 478 g/mol. The number of carbonyl (C=O) groups is 1. The summed E-state index contributed by atoms with van der Waals surface area (Å²) in [6, 6.07) is 10.5. The number of aromatic nitrogens is 7.